The van der Waals surface area contributed by atoms with Crippen molar-refractivity contribution in [1.82, 2.24) is 0 Å². The van der Waals surface area contributed by atoms with Crippen LogP contribution in [0.3, 0.4) is 0 Å². The third kappa shape index (κ3) is 254. The van der Waals surface area contributed by atoms with Crippen LogP contribution in [0.15, 0.2) is 0 Å². The van der Waals surface area contributed by atoms with E-state index >= 15 is 0 Å². The summed E-state index contributed by atoms with van der Waals surface area (Å²) in [5.74, 6) is 0. The number of halogens is 3. The smallest absolute Gasteiger partial charge is 0.357 e. The van der Waals surface area contributed by atoms with Crippen LogP contribution < -0.4 is 93.3 Å². The molecule has 0 atom stereocenters. The number of hydrogen-bond acceptors (Lipinski definition) is 9. The van der Waals surface area contributed by atoms with Crippen LogP contribution in [-0.4, -0.2) is 45.5 Å². The zero-order valence-electron chi connectivity index (χ0n) is 6.52. The molecule has 78 valence electrons. The molecule has 0 aliphatic carbocycles. The zero-order chi connectivity index (χ0) is 10.7. The van der Waals surface area contributed by atoms with Gasteiger partial charge in [-0.25, -0.2) is 0 Å². The molecule has 0 aliphatic heterocycles. The Kier molecular flexibility index (Phi) is 55.6. The fourth-order valence-electron chi connectivity index (χ4n) is 0. The Hall–Kier alpha value is 3.63. The molecular weight excluding hydrogens is 377 g/mol. The van der Waals surface area contributed by atoms with Gasteiger partial charge in [0.1, 0.15) is 0 Å². The summed E-state index contributed by atoms with van der Waals surface area (Å²) in [4.78, 5) is 0. The van der Waals surface area contributed by atoms with Gasteiger partial charge in [0.05, 0.1) is 32.4 Å². The average molecular weight is 377 g/mol. The van der Waals surface area contributed by atoms with E-state index in [4.69, 9.17) is 41.9 Å². The minimum atomic E-state index is -2.85. The van der Waals surface area contributed by atoms with Gasteiger partial charge in [-0.1, -0.05) is 0 Å². The van der Waals surface area contributed by atoms with Gasteiger partial charge in [0, 0.05) is 0 Å². The van der Waals surface area contributed by atoms with E-state index in [2.05, 4.69) is 0 Å². The maximum absolute atomic E-state index is 8.41. The van der Waals surface area contributed by atoms with Crippen LogP contribution in [0.4, 0.5) is 0 Å². The first kappa shape index (κ1) is 30.6. The van der Waals surface area contributed by atoms with Gasteiger partial charge >= 0.3 is 96.9 Å². The van der Waals surface area contributed by atoms with E-state index in [0.29, 0.717) is 0 Å². The van der Waals surface area contributed by atoms with Crippen LogP contribution in [0.5, 0.6) is 0 Å². The summed E-state index contributed by atoms with van der Waals surface area (Å²) >= 11 is 0. The molecule has 0 unspecified atom stereocenters. The van der Waals surface area contributed by atoms with E-state index in [1.54, 1.807) is 0 Å². The van der Waals surface area contributed by atoms with Crippen molar-refractivity contribution in [3.8, 4) is 0 Å². The van der Waals surface area contributed by atoms with Crippen molar-refractivity contribution in [2.75, 3.05) is 0 Å². The van der Waals surface area contributed by atoms with Crippen LogP contribution in [-0.2, 0) is 0 Å². The second-order valence-electron chi connectivity index (χ2n) is 0.567. The summed E-state index contributed by atoms with van der Waals surface area (Å²) in [7, 11) is -8.56. The molecule has 0 rings (SSSR count). The molecule has 9 nitrogen and oxygen atoms in total. The molecule has 0 spiro atoms. The quantitative estimate of drug-likeness (QED) is 0.366. The van der Waals surface area contributed by atoms with Crippen LogP contribution in [0.1, 0.15) is 0 Å². The minimum Gasteiger partial charge on any atom is -0.357 e. The van der Waals surface area contributed by atoms with Crippen molar-refractivity contribution in [1.29, 1.82) is 0 Å². The molecule has 14 heavy (non-hydrogen) atoms. The molecule has 0 amide bonds. The van der Waals surface area contributed by atoms with Gasteiger partial charge in [-0.05, 0) is 0 Å². The first-order valence-corrected chi connectivity index (χ1v) is 4.17. The van der Waals surface area contributed by atoms with Crippen LogP contribution in [0, 0.1) is 32.4 Å². The van der Waals surface area contributed by atoms with E-state index in [1.165, 1.54) is 0 Å². The fraction of sp³-hybridized carbons (Fsp3) is 0. The first-order valence-electron chi connectivity index (χ1n) is 1.39. The van der Waals surface area contributed by atoms with Crippen molar-refractivity contribution in [3.63, 3.8) is 0 Å². The van der Waals surface area contributed by atoms with Gasteiger partial charge in [0.15, 0.2) is 0 Å². The van der Waals surface area contributed by atoms with E-state index in [9.17, 15) is 0 Å². The van der Waals surface area contributed by atoms with Crippen molar-refractivity contribution in [2.24, 2.45) is 0 Å². The molecule has 0 N–H and O–H groups in total. The van der Waals surface area contributed by atoms with Gasteiger partial charge in [-0.3, -0.25) is 0 Å². The van der Waals surface area contributed by atoms with Crippen molar-refractivity contribution in [2.45, 2.75) is 0 Å². The molecule has 0 saturated carbocycles. The summed E-state index contributed by atoms with van der Waals surface area (Å²) in [5, 5.41) is 0. The standard InChI is InChI=1S/3ClO3.K.Sr/c3*2-1(3)4;;/q3*-1;+1;+2. The molecule has 0 bridgehead atoms. The number of rotatable bonds is 0. The Morgan fingerprint density at radius 2 is 0.429 bits per heavy atom. The second kappa shape index (κ2) is 25.5. The van der Waals surface area contributed by atoms with Gasteiger partial charge in [-0.15, -0.1) is 0 Å². The minimum absolute atomic E-state index is 0. The summed E-state index contributed by atoms with van der Waals surface area (Å²) in [5.41, 5.74) is 0. The molecule has 0 aromatic rings. The van der Waals surface area contributed by atoms with Crippen molar-refractivity contribution < 1.29 is 126 Å². The van der Waals surface area contributed by atoms with E-state index < -0.39 is 32.4 Å². The summed E-state index contributed by atoms with van der Waals surface area (Å²) in [6.45, 7) is 0. The SMILES string of the molecule is [K+].[O-][Cl+2]([O-])[O-].[O-][Cl+2]([O-])[O-].[O-][Cl+2]([O-])[O-].[Sr+2]. The maximum atomic E-state index is 8.41. The predicted molar refractivity (Wildman–Crippen MR) is 5.75 cm³/mol. The average Bonchev–Trinajstić information content (AvgIpc) is 1.54. The second-order valence-corrected chi connectivity index (χ2v) is 1.70. The van der Waals surface area contributed by atoms with E-state index in [1.807, 2.05) is 0 Å². The molecule has 0 aromatic heterocycles. The molecular formula is Cl3KO9Sr. The molecule has 0 heterocycles. The normalized spacial score (nSPS) is 7.71. The first-order chi connectivity index (χ1) is 5.20. The van der Waals surface area contributed by atoms with Crippen LogP contribution >= 0.6 is 0 Å². The van der Waals surface area contributed by atoms with Crippen LogP contribution in [0.25, 0.3) is 0 Å². The Labute approximate surface area is 167 Å². The van der Waals surface area contributed by atoms with Gasteiger partial charge in [-0.2, -0.15) is 0 Å². The Morgan fingerprint density at radius 1 is 0.429 bits per heavy atom. The monoisotopic (exact) mass is 376 g/mol. The fourth-order valence-corrected chi connectivity index (χ4v) is 0. The molecule has 0 aromatic carbocycles. The molecule has 0 fully saturated rings. The predicted octanol–water partition coefficient (Wildman–Crippen LogP) is -14.1. The van der Waals surface area contributed by atoms with Crippen molar-refractivity contribution in [3.05, 3.63) is 0 Å². The number of hydrogen-bond donors (Lipinski definition) is 0. The Bertz CT molecular complexity index is 48.5. The summed E-state index contributed by atoms with van der Waals surface area (Å²) in [6.07, 6.45) is 0. The maximum Gasteiger partial charge on any atom is 2.00 e. The largest absolute Gasteiger partial charge is 2.00 e. The Balaban J connectivity index is -0.0000000270. The van der Waals surface area contributed by atoms with Crippen molar-refractivity contribution >= 4 is 45.5 Å². The van der Waals surface area contributed by atoms with Gasteiger partial charge in [0.25, 0.3) is 0 Å². The summed E-state index contributed by atoms with van der Waals surface area (Å²) < 4.78 is 75.7. The molecule has 0 aliphatic rings. The van der Waals surface area contributed by atoms with E-state index in [-0.39, 0.29) is 96.9 Å². The third-order valence-electron chi connectivity index (χ3n) is 0. The molecule has 14 heteroatoms. The summed E-state index contributed by atoms with van der Waals surface area (Å²) in [6, 6.07) is 0. The Morgan fingerprint density at radius 3 is 0.429 bits per heavy atom. The van der Waals surface area contributed by atoms with Crippen LogP contribution in [0.2, 0.25) is 0 Å². The molecule has 0 saturated heterocycles. The third-order valence-corrected chi connectivity index (χ3v) is 0. The topological polar surface area (TPSA) is 208 Å². The molecule has 0 radical (unpaired) electrons. The van der Waals surface area contributed by atoms with Gasteiger partial charge < -0.3 is 41.9 Å². The van der Waals surface area contributed by atoms with Gasteiger partial charge in [0.2, 0.25) is 0 Å². The zero-order valence-corrected chi connectivity index (χ0v) is 15.4. The van der Waals surface area contributed by atoms with E-state index in [0.717, 1.165) is 0 Å².